The molecule has 0 aliphatic carbocycles. The summed E-state index contributed by atoms with van der Waals surface area (Å²) in [6.07, 6.45) is 4.01. The first-order valence-corrected chi connectivity index (χ1v) is 11.9. The van der Waals surface area contributed by atoms with Crippen molar-refractivity contribution in [1.82, 2.24) is 14.7 Å². The molecule has 4 aromatic rings. The van der Waals surface area contributed by atoms with E-state index in [0.29, 0.717) is 17.8 Å². The van der Waals surface area contributed by atoms with Crippen LogP contribution in [0.25, 0.3) is 17.0 Å². The number of pyridine rings is 1. The predicted octanol–water partition coefficient (Wildman–Crippen LogP) is 3.35. The van der Waals surface area contributed by atoms with Crippen LogP contribution in [0, 0.1) is 13.8 Å². The van der Waals surface area contributed by atoms with E-state index in [0.717, 1.165) is 16.7 Å². The molecule has 1 aliphatic rings. The molecule has 36 heavy (non-hydrogen) atoms. The summed E-state index contributed by atoms with van der Waals surface area (Å²) in [5, 5.41) is 18.3. The van der Waals surface area contributed by atoms with E-state index < -0.39 is 17.7 Å². The summed E-state index contributed by atoms with van der Waals surface area (Å²) < 4.78 is 2.96. The third kappa shape index (κ3) is 3.88. The lowest BCUT2D eigenvalue weighted by molar-refractivity contribution is -0.577. The fourth-order valence-electron chi connectivity index (χ4n) is 4.44. The topological polar surface area (TPSA) is 82.1 Å². The van der Waals surface area contributed by atoms with E-state index >= 15 is 0 Å². The van der Waals surface area contributed by atoms with Gasteiger partial charge in [-0.2, -0.15) is 9.67 Å². The average Bonchev–Trinajstić information content (AvgIpc) is 3.35. The smallest absolute Gasteiger partial charge is 0.327 e. The monoisotopic (exact) mass is 478 g/mol. The number of para-hydroxylation sites is 1. The molecule has 2 aromatic carbocycles. The molecule has 0 N–H and O–H groups in total. The SMILES string of the molecule is CCc1nn(-c2ccccc2)c([O-])c1C1=C([n+]2ccc(C)c(C)c2)C(=O)N(Cc2ccccc2)C1=O. The number of aryl methyl sites for hydroxylation is 3. The first kappa shape index (κ1) is 23.2. The number of benzene rings is 2. The second-order valence-electron chi connectivity index (χ2n) is 8.85. The van der Waals surface area contributed by atoms with Gasteiger partial charge in [-0.3, -0.25) is 14.5 Å². The van der Waals surface area contributed by atoms with Gasteiger partial charge in [-0.25, -0.2) is 4.68 Å². The van der Waals surface area contributed by atoms with Crippen LogP contribution in [0.3, 0.4) is 0 Å². The van der Waals surface area contributed by atoms with Gasteiger partial charge in [0.1, 0.15) is 5.57 Å². The quantitative estimate of drug-likeness (QED) is 0.314. The first-order chi connectivity index (χ1) is 17.4. The summed E-state index contributed by atoms with van der Waals surface area (Å²) in [4.78, 5) is 28.9. The number of carbonyl (C=O) groups is 2. The Kier molecular flexibility index (Phi) is 5.98. The molecule has 1 aliphatic heterocycles. The minimum atomic E-state index is -0.496. The van der Waals surface area contributed by atoms with Crippen LogP contribution in [0.1, 0.15) is 34.9 Å². The van der Waals surface area contributed by atoms with Gasteiger partial charge in [0.2, 0.25) is 0 Å². The lowest BCUT2D eigenvalue weighted by Gasteiger charge is -2.15. The highest BCUT2D eigenvalue weighted by molar-refractivity contribution is 6.44. The molecule has 3 heterocycles. The molecule has 0 saturated carbocycles. The van der Waals surface area contributed by atoms with Crippen LogP contribution >= 0.6 is 0 Å². The Morgan fingerprint density at radius 3 is 2.19 bits per heavy atom. The Morgan fingerprint density at radius 1 is 0.889 bits per heavy atom. The minimum absolute atomic E-state index is 0.0909. The third-order valence-corrected chi connectivity index (χ3v) is 6.53. The van der Waals surface area contributed by atoms with E-state index in [1.54, 1.807) is 22.9 Å². The fraction of sp³-hybridized carbons (Fsp3) is 0.172. The van der Waals surface area contributed by atoms with Crippen LogP contribution in [0.5, 0.6) is 5.88 Å². The van der Waals surface area contributed by atoms with E-state index in [9.17, 15) is 14.7 Å². The zero-order valence-electron chi connectivity index (χ0n) is 20.4. The zero-order valence-corrected chi connectivity index (χ0v) is 20.4. The maximum absolute atomic E-state index is 13.9. The molecule has 0 atom stereocenters. The van der Waals surface area contributed by atoms with Crippen LogP contribution in [-0.2, 0) is 22.6 Å². The molecular weight excluding hydrogens is 452 g/mol. The highest BCUT2D eigenvalue weighted by Crippen LogP contribution is 2.37. The van der Waals surface area contributed by atoms with E-state index in [2.05, 4.69) is 5.10 Å². The lowest BCUT2D eigenvalue weighted by atomic mass is 10.0. The molecule has 0 fully saturated rings. The number of carbonyl (C=O) groups excluding carboxylic acids is 2. The molecule has 0 radical (unpaired) electrons. The Labute approximate surface area is 209 Å². The van der Waals surface area contributed by atoms with Crippen molar-refractivity contribution in [2.24, 2.45) is 0 Å². The molecule has 180 valence electrons. The lowest BCUT2D eigenvalue weighted by Crippen LogP contribution is -2.39. The van der Waals surface area contributed by atoms with Crippen molar-refractivity contribution in [3.05, 3.63) is 107 Å². The summed E-state index contributed by atoms with van der Waals surface area (Å²) in [6.45, 7) is 5.92. The van der Waals surface area contributed by atoms with Crippen molar-refractivity contribution in [2.75, 3.05) is 0 Å². The minimum Gasteiger partial charge on any atom is -0.858 e. The summed E-state index contributed by atoms with van der Waals surface area (Å²) in [6, 6.07) is 20.3. The van der Waals surface area contributed by atoms with Crippen molar-refractivity contribution in [3.8, 4) is 11.6 Å². The van der Waals surface area contributed by atoms with Crippen molar-refractivity contribution >= 4 is 23.1 Å². The van der Waals surface area contributed by atoms with E-state index in [1.165, 1.54) is 9.58 Å². The molecule has 0 spiro atoms. The largest absolute Gasteiger partial charge is 0.858 e. The number of hydrogen-bond donors (Lipinski definition) is 0. The summed E-state index contributed by atoms with van der Waals surface area (Å²) in [5.74, 6) is -1.36. The number of hydrogen-bond acceptors (Lipinski definition) is 4. The van der Waals surface area contributed by atoms with Crippen molar-refractivity contribution in [2.45, 2.75) is 33.7 Å². The van der Waals surface area contributed by atoms with E-state index in [1.807, 2.05) is 81.6 Å². The van der Waals surface area contributed by atoms with Gasteiger partial charge < -0.3 is 5.11 Å². The van der Waals surface area contributed by atoms with Crippen LogP contribution in [0.15, 0.2) is 79.1 Å². The third-order valence-electron chi connectivity index (χ3n) is 6.53. The van der Waals surface area contributed by atoms with Gasteiger partial charge in [0, 0.05) is 17.2 Å². The van der Waals surface area contributed by atoms with E-state index in [4.69, 9.17) is 0 Å². The molecule has 0 bridgehead atoms. The van der Waals surface area contributed by atoms with Crippen LogP contribution in [0.2, 0.25) is 0 Å². The van der Waals surface area contributed by atoms with Gasteiger partial charge in [0.15, 0.2) is 12.4 Å². The van der Waals surface area contributed by atoms with Crippen molar-refractivity contribution < 1.29 is 19.3 Å². The summed E-state index contributed by atoms with van der Waals surface area (Å²) in [5.41, 5.74) is 4.35. The maximum Gasteiger partial charge on any atom is 0.327 e. The second-order valence-corrected chi connectivity index (χ2v) is 8.85. The number of aromatic nitrogens is 3. The Hall–Kier alpha value is -4.52. The van der Waals surface area contributed by atoms with Crippen LogP contribution in [-0.4, -0.2) is 26.5 Å². The van der Waals surface area contributed by atoms with E-state index in [-0.39, 0.29) is 23.4 Å². The molecule has 0 saturated heterocycles. The van der Waals surface area contributed by atoms with Gasteiger partial charge in [-0.05, 0) is 49.4 Å². The highest BCUT2D eigenvalue weighted by Gasteiger charge is 2.46. The number of nitrogens with zero attached hydrogens (tertiary/aromatic N) is 4. The van der Waals surface area contributed by atoms with Gasteiger partial charge >= 0.3 is 5.91 Å². The van der Waals surface area contributed by atoms with Gasteiger partial charge in [0.25, 0.3) is 11.6 Å². The maximum atomic E-state index is 13.9. The zero-order chi connectivity index (χ0) is 25.4. The molecule has 7 heteroatoms. The van der Waals surface area contributed by atoms with Crippen LogP contribution in [0.4, 0.5) is 0 Å². The summed E-state index contributed by atoms with van der Waals surface area (Å²) >= 11 is 0. The molecule has 0 unspecified atom stereocenters. The summed E-state index contributed by atoms with van der Waals surface area (Å²) in [7, 11) is 0. The number of amides is 2. The van der Waals surface area contributed by atoms with Crippen molar-refractivity contribution in [1.29, 1.82) is 0 Å². The predicted molar refractivity (Wildman–Crippen MR) is 134 cm³/mol. The number of rotatable bonds is 6. The molecule has 2 amide bonds. The molecule has 7 nitrogen and oxygen atoms in total. The normalized spacial score (nSPS) is 13.7. The Morgan fingerprint density at radius 2 is 1.56 bits per heavy atom. The highest BCUT2D eigenvalue weighted by atomic mass is 16.3. The molecule has 5 rings (SSSR count). The fourth-order valence-corrected chi connectivity index (χ4v) is 4.44. The van der Waals surface area contributed by atoms with Crippen molar-refractivity contribution in [3.63, 3.8) is 0 Å². The molecular formula is C29H26N4O3. The Bertz CT molecular complexity index is 1500. The Balaban J connectivity index is 1.73. The first-order valence-electron chi connectivity index (χ1n) is 11.9. The average molecular weight is 479 g/mol. The van der Waals surface area contributed by atoms with Gasteiger partial charge in [-0.1, -0.05) is 55.5 Å². The number of imide groups is 1. The second kappa shape index (κ2) is 9.26. The van der Waals surface area contributed by atoms with Gasteiger partial charge in [-0.15, -0.1) is 0 Å². The standard InChI is InChI=1S/C29H26N4O3/c1-4-23-24(28(35)33(30-23)22-13-9-6-10-14-22)25-26(31-16-15-19(2)20(3)17-31)29(36)32(27(25)34)18-21-11-7-5-8-12-21/h5-17H,4,18H2,1-3H3. The van der Waals surface area contributed by atoms with Gasteiger partial charge in [0.05, 0.1) is 17.9 Å². The molecule has 2 aromatic heterocycles. The van der Waals surface area contributed by atoms with Crippen LogP contribution < -0.4 is 9.67 Å².